The number of likely N-dealkylation sites (tertiary alicyclic amines) is 1. The number of fused-ring (bicyclic) bond motifs is 1. The summed E-state index contributed by atoms with van der Waals surface area (Å²) in [5.41, 5.74) is 2.30. The van der Waals surface area contributed by atoms with Crippen molar-refractivity contribution in [2.45, 2.75) is 50.6 Å². The molecule has 1 aliphatic heterocycles. The fourth-order valence-corrected chi connectivity index (χ4v) is 4.51. The minimum Gasteiger partial charge on any atom is -0.334 e. The predicted octanol–water partition coefficient (Wildman–Crippen LogP) is 2.27. The lowest BCUT2D eigenvalue weighted by molar-refractivity contribution is 0.0737. The lowest BCUT2D eigenvalue weighted by Crippen LogP contribution is -2.40. The molecule has 2 aromatic rings. The van der Waals surface area contributed by atoms with Gasteiger partial charge in [0.05, 0.1) is 11.0 Å². The Kier molecular flexibility index (Phi) is 4.37. The summed E-state index contributed by atoms with van der Waals surface area (Å²) in [6.45, 7) is 1.63. The van der Waals surface area contributed by atoms with Crippen LogP contribution in [0.15, 0.2) is 23.0 Å². The van der Waals surface area contributed by atoms with Crippen molar-refractivity contribution in [2.75, 3.05) is 20.1 Å². The van der Waals surface area contributed by atoms with Gasteiger partial charge in [0, 0.05) is 30.7 Å². The second-order valence-electron chi connectivity index (χ2n) is 7.32. The van der Waals surface area contributed by atoms with E-state index in [1.54, 1.807) is 0 Å². The Morgan fingerprint density at radius 1 is 1.24 bits per heavy atom. The molecule has 2 fully saturated rings. The van der Waals surface area contributed by atoms with Crippen LogP contribution in [0.2, 0.25) is 0 Å². The normalized spacial score (nSPS) is 21.5. The molecule has 1 amide bonds. The maximum absolute atomic E-state index is 12.9. The topological polar surface area (TPSA) is 70.1 Å². The van der Waals surface area contributed by atoms with Gasteiger partial charge in [-0.05, 0) is 50.9 Å². The molecule has 1 aromatic heterocycles. The molecule has 2 aliphatic rings. The van der Waals surface area contributed by atoms with Gasteiger partial charge in [-0.1, -0.05) is 12.8 Å². The van der Waals surface area contributed by atoms with E-state index in [0.717, 1.165) is 49.8 Å². The van der Waals surface area contributed by atoms with Crippen LogP contribution in [0.5, 0.6) is 0 Å². The number of H-pyrrole nitrogens is 1. The molecule has 1 aromatic carbocycles. The summed E-state index contributed by atoms with van der Waals surface area (Å²) in [5, 5.41) is 3.17. The predicted molar refractivity (Wildman–Crippen MR) is 98.0 cm³/mol. The number of hydrogen-bond donors (Lipinski definition) is 2. The number of imidazole rings is 1. The van der Waals surface area contributed by atoms with E-state index in [4.69, 9.17) is 0 Å². The number of nitrogens with zero attached hydrogens (tertiary/aromatic N) is 2. The smallest absolute Gasteiger partial charge is 0.326 e. The quantitative estimate of drug-likeness (QED) is 0.895. The highest BCUT2D eigenvalue weighted by Crippen LogP contribution is 2.31. The van der Waals surface area contributed by atoms with Crippen LogP contribution in [0.3, 0.4) is 0 Å². The van der Waals surface area contributed by atoms with Gasteiger partial charge in [-0.25, -0.2) is 4.79 Å². The number of rotatable bonds is 4. The Hall–Kier alpha value is -2.08. The zero-order valence-electron chi connectivity index (χ0n) is 14.8. The van der Waals surface area contributed by atoms with Gasteiger partial charge in [0.25, 0.3) is 5.91 Å². The fraction of sp³-hybridized carbons (Fsp3) is 0.579. The Morgan fingerprint density at radius 3 is 2.80 bits per heavy atom. The molecule has 0 bridgehead atoms. The highest BCUT2D eigenvalue weighted by Gasteiger charge is 2.29. The van der Waals surface area contributed by atoms with Crippen molar-refractivity contribution in [3.63, 3.8) is 0 Å². The lowest BCUT2D eigenvalue weighted by Gasteiger charge is -2.24. The number of benzene rings is 1. The third-order valence-electron chi connectivity index (χ3n) is 5.73. The minimum atomic E-state index is -0.0549. The van der Waals surface area contributed by atoms with Gasteiger partial charge in [-0.3, -0.25) is 9.36 Å². The highest BCUT2D eigenvalue weighted by atomic mass is 16.2. The number of likely N-dealkylation sites (N-methyl/N-ethyl adjacent to an activating group) is 1. The Labute approximate surface area is 147 Å². The molecule has 25 heavy (non-hydrogen) atoms. The van der Waals surface area contributed by atoms with Crippen molar-refractivity contribution in [3.05, 3.63) is 34.2 Å². The lowest BCUT2D eigenvalue weighted by atomic mass is 10.1. The zero-order valence-corrected chi connectivity index (χ0v) is 14.8. The Balaban J connectivity index is 1.65. The average Bonchev–Trinajstić information content (AvgIpc) is 3.32. The summed E-state index contributed by atoms with van der Waals surface area (Å²) in [6, 6.07) is 6.20. The first-order valence-electron chi connectivity index (χ1n) is 9.39. The molecular weight excluding hydrogens is 316 g/mol. The number of aromatic nitrogens is 2. The van der Waals surface area contributed by atoms with Crippen molar-refractivity contribution in [1.82, 2.24) is 19.8 Å². The number of nitrogens with one attached hydrogen (secondary N) is 2. The minimum absolute atomic E-state index is 0.0549. The molecular formula is C19H26N4O2. The number of hydrogen-bond acceptors (Lipinski definition) is 3. The molecule has 0 radical (unpaired) electrons. The van der Waals surface area contributed by atoms with Crippen molar-refractivity contribution in [2.24, 2.45) is 0 Å². The van der Waals surface area contributed by atoms with Gasteiger partial charge in [0.15, 0.2) is 0 Å². The van der Waals surface area contributed by atoms with Crippen LogP contribution in [0.4, 0.5) is 0 Å². The molecule has 2 heterocycles. The van der Waals surface area contributed by atoms with Crippen LogP contribution in [0.25, 0.3) is 11.0 Å². The number of carbonyl (C=O) groups excluding carboxylic acids is 1. The monoisotopic (exact) mass is 342 g/mol. The van der Waals surface area contributed by atoms with Crippen LogP contribution >= 0.6 is 0 Å². The van der Waals surface area contributed by atoms with Crippen molar-refractivity contribution in [1.29, 1.82) is 0 Å². The average molecular weight is 342 g/mol. The van der Waals surface area contributed by atoms with Gasteiger partial charge < -0.3 is 15.2 Å². The molecule has 1 aliphatic carbocycles. The second kappa shape index (κ2) is 6.67. The molecule has 2 N–H and O–H groups in total. The summed E-state index contributed by atoms with van der Waals surface area (Å²) in [5.74, 6) is 0.0640. The Bertz CT molecular complexity index is 832. The van der Waals surface area contributed by atoms with Crippen molar-refractivity contribution < 1.29 is 4.79 Å². The molecule has 1 saturated carbocycles. The third-order valence-corrected chi connectivity index (χ3v) is 5.73. The molecule has 6 heteroatoms. The van der Waals surface area contributed by atoms with Gasteiger partial charge in [-0.2, -0.15) is 0 Å². The molecule has 0 spiro atoms. The maximum atomic E-state index is 12.9. The fourth-order valence-electron chi connectivity index (χ4n) is 4.51. The van der Waals surface area contributed by atoms with E-state index in [1.165, 1.54) is 12.8 Å². The first-order valence-corrected chi connectivity index (χ1v) is 9.39. The van der Waals surface area contributed by atoms with Crippen LogP contribution in [0.1, 0.15) is 54.9 Å². The Morgan fingerprint density at radius 2 is 2.04 bits per heavy atom. The van der Waals surface area contributed by atoms with Gasteiger partial charge >= 0.3 is 5.69 Å². The van der Waals surface area contributed by atoms with E-state index in [9.17, 15) is 9.59 Å². The molecule has 4 rings (SSSR count). The molecule has 1 atom stereocenters. The summed E-state index contributed by atoms with van der Waals surface area (Å²) in [6.07, 6.45) is 6.59. The van der Waals surface area contributed by atoms with Gasteiger partial charge in [0.1, 0.15) is 0 Å². The molecule has 1 unspecified atom stereocenters. The number of carbonyl (C=O) groups is 1. The number of amides is 1. The SMILES string of the molecule is CNCC1CCCN1C(=O)c1ccc2c(c1)[nH]c(=O)n2C1CCCC1. The van der Waals surface area contributed by atoms with Crippen LogP contribution in [-0.2, 0) is 0 Å². The second-order valence-corrected chi connectivity index (χ2v) is 7.32. The first-order chi connectivity index (χ1) is 12.2. The van der Waals surface area contributed by atoms with E-state index < -0.39 is 0 Å². The molecule has 1 saturated heterocycles. The van der Waals surface area contributed by atoms with Crippen LogP contribution in [-0.4, -0.2) is 46.5 Å². The van der Waals surface area contributed by atoms with E-state index >= 15 is 0 Å². The van der Waals surface area contributed by atoms with Crippen molar-refractivity contribution in [3.8, 4) is 0 Å². The van der Waals surface area contributed by atoms with E-state index in [0.29, 0.717) is 11.6 Å². The highest BCUT2D eigenvalue weighted by molar-refractivity contribution is 5.97. The third kappa shape index (κ3) is 2.88. The first kappa shape index (κ1) is 16.4. The van der Waals surface area contributed by atoms with E-state index in [2.05, 4.69) is 10.3 Å². The van der Waals surface area contributed by atoms with Gasteiger partial charge in [-0.15, -0.1) is 0 Å². The largest absolute Gasteiger partial charge is 0.334 e. The summed E-state index contributed by atoms with van der Waals surface area (Å²) in [4.78, 5) is 30.2. The molecule has 6 nitrogen and oxygen atoms in total. The number of aromatic amines is 1. The standard InChI is InChI=1S/C19H26N4O2/c1-20-12-15-7-4-10-22(15)18(24)13-8-9-17-16(11-13)21-19(25)23(17)14-5-2-3-6-14/h8-9,11,14-15,20H,2-7,10,12H2,1H3,(H,21,25). The van der Waals surface area contributed by atoms with Crippen LogP contribution < -0.4 is 11.0 Å². The van der Waals surface area contributed by atoms with Crippen LogP contribution in [0, 0.1) is 0 Å². The van der Waals surface area contributed by atoms with E-state index in [-0.39, 0.29) is 17.6 Å². The summed E-state index contributed by atoms with van der Waals surface area (Å²) in [7, 11) is 1.92. The van der Waals surface area contributed by atoms with Gasteiger partial charge in [0.2, 0.25) is 0 Å². The summed E-state index contributed by atoms with van der Waals surface area (Å²) >= 11 is 0. The zero-order chi connectivity index (χ0) is 17.4. The summed E-state index contributed by atoms with van der Waals surface area (Å²) < 4.78 is 1.89. The van der Waals surface area contributed by atoms with Crippen molar-refractivity contribution >= 4 is 16.9 Å². The maximum Gasteiger partial charge on any atom is 0.326 e. The molecule has 134 valence electrons. The van der Waals surface area contributed by atoms with E-state index in [1.807, 2.05) is 34.7 Å².